The second kappa shape index (κ2) is 5.22. The zero-order valence-corrected chi connectivity index (χ0v) is 12.1. The number of nitrogens with two attached hydrogens (primary N) is 1. The van der Waals surface area contributed by atoms with Gasteiger partial charge >= 0.3 is 0 Å². The summed E-state index contributed by atoms with van der Waals surface area (Å²) in [5.41, 5.74) is 9.90. The first-order valence-corrected chi connectivity index (χ1v) is 6.80. The van der Waals surface area contributed by atoms with Gasteiger partial charge < -0.3 is 5.73 Å². The molecule has 0 saturated heterocycles. The zero-order chi connectivity index (χ0) is 15.0. The fourth-order valence-electron chi connectivity index (χ4n) is 2.38. The first-order chi connectivity index (χ1) is 10.0. The summed E-state index contributed by atoms with van der Waals surface area (Å²) >= 11 is 6.10. The van der Waals surface area contributed by atoms with Crippen LogP contribution >= 0.6 is 11.6 Å². The van der Waals surface area contributed by atoms with Crippen LogP contribution in [-0.4, -0.2) is 10.2 Å². The highest BCUT2D eigenvalue weighted by Gasteiger charge is 2.15. The molecule has 0 bridgehead atoms. The Morgan fingerprint density at radius 1 is 1.14 bits per heavy atom. The van der Waals surface area contributed by atoms with Gasteiger partial charge in [-0.2, -0.15) is 5.10 Å². The van der Waals surface area contributed by atoms with E-state index in [2.05, 4.69) is 10.2 Å². The number of nitrogen functional groups attached to an aromatic ring is 1. The van der Waals surface area contributed by atoms with Gasteiger partial charge in [-0.3, -0.25) is 5.10 Å². The molecular formula is C16H13ClFN3. The number of H-pyrrole nitrogens is 1. The van der Waals surface area contributed by atoms with E-state index in [9.17, 15) is 4.39 Å². The molecule has 1 heterocycles. The van der Waals surface area contributed by atoms with Gasteiger partial charge in [-0.05, 0) is 48.4 Å². The highest BCUT2D eigenvalue weighted by atomic mass is 35.5. The van der Waals surface area contributed by atoms with Crippen LogP contribution in [0.15, 0.2) is 42.5 Å². The maximum Gasteiger partial charge on any atom is 0.153 e. The zero-order valence-electron chi connectivity index (χ0n) is 11.3. The number of rotatable bonds is 2. The minimum Gasteiger partial charge on any atom is -0.382 e. The van der Waals surface area contributed by atoms with Crippen molar-refractivity contribution in [1.82, 2.24) is 10.2 Å². The molecule has 0 aliphatic rings. The number of hydrogen-bond acceptors (Lipinski definition) is 2. The van der Waals surface area contributed by atoms with Crippen molar-refractivity contribution in [3.8, 4) is 22.4 Å². The fraction of sp³-hybridized carbons (Fsp3) is 0.0625. The number of halogens is 2. The minimum atomic E-state index is -0.318. The molecule has 3 nitrogen and oxygen atoms in total. The third-order valence-electron chi connectivity index (χ3n) is 3.24. The average molecular weight is 302 g/mol. The van der Waals surface area contributed by atoms with Crippen LogP contribution in [-0.2, 0) is 0 Å². The lowest BCUT2D eigenvalue weighted by Crippen LogP contribution is -1.90. The molecule has 3 rings (SSSR count). The number of nitrogens with one attached hydrogen (secondary N) is 1. The second-order valence-corrected chi connectivity index (χ2v) is 5.32. The number of hydrogen-bond donors (Lipinski definition) is 2. The predicted molar refractivity (Wildman–Crippen MR) is 83.6 cm³/mol. The van der Waals surface area contributed by atoms with E-state index >= 15 is 0 Å². The van der Waals surface area contributed by atoms with E-state index in [4.69, 9.17) is 17.3 Å². The summed E-state index contributed by atoms with van der Waals surface area (Å²) in [7, 11) is 0. The van der Waals surface area contributed by atoms with Crippen molar-refractivity contribution >= 4 is 17.4 Å². The van der Waals surface area contributed by atoms with Crippen LogP contribution in [0.4, 0.5) is 10.2 Å². The molecule has 0 atom stereocenters. The van der Waals surface area contributed by atoms with Gasteiger partial charge in [0.2, 0.25) is 0 Å². The molecule has 106 valence electrons. The number of aromatic amines is 1. The largest absolute Gasteiger partial charge is 0.382 e. The van der Waals surface area contributed by atoms with E-state index in [1.807, 2.05) is 25.1 Å². The van der Waals surface area contributed by atoms with Crippen molar-refractivity contribution in [2.75, 3.05) is 5.73 Å². The summed E-state index contributed by atoms with van der Waals surface area (Å²) in [6.45, 7) is 1.96. The van der Waals surface area contributed by atoms with Gasteiger partial charge in [-0.25, -0.2) is 4.39 Å². The molecule has 21 heavy (non-hydrogen) atoms. The second-order valence-electron chi connectivity index (χ2n) is 4.89. The van der Waals surface area contributed by atoms with E-state index in [0.717, 1.165) is 16.8 Å². The Kier molecular flexibility index (Phi) is 3.39. The molecule has 0 aliphatic heterocycles. The van der Waals surface area contributed by atoms with Crippen LogP contribution in [0.1, 0.15) is 5.56 Å². The lowest BCUT2D eigenvalue weighted by atomic mass is 10.00. The monoisotopic (exact) mass is 301 g/mol. The molecule has 1 aromatic heterocycles. The van der Waals surface area contributed by atoms with Crippen molar-refractivity contribution in [2.24, 2.45) is 0 Å². The number of nitrogens with zero attached hydrogens (tertiary/aromatic N) is 1. The molecule has 0 spiro atoms. The number of aromatic nitrogens is 2. The van der Waals surface area contributed by atoms with Crippen LogP contribution in [0.5, 0.6) is 0 Å². The first-order valence-electron chi connectivity index (χ1n) is 6.42. The standard InChI is InChI=1S/C16H13ClFN3/c1-9-5-11(7-12(17)6-9)15-14(16(19)21-20-15)10-3-2-4-13(18)8-10/h2-8H,1H3,(H3,19,20,21). The van der Waals surface area contributed by atoms with Gasteiger partial charge in [0.05, 0.1) is 11.3 Å². The van der Waals surface area contributed by atoms with Crippen molar-refractivity contribution in [3.63, 3.8) is 0 Å². The van der Waals surface area contributed by atoms with Crippen LogP contribution in [0.25, 0.3) is 22.4 Å². The van der Waals surface area contributed by atoms with E-state index in [1.54, 1.807) is 12.1 Å². The summed E-state index contributed by atoms with van der Waals surface area (Å²) in [6, 6.07) is 11.9. The number of aryl methyl sites for hydroxylation is 1. The average Bonchev–Trinajstić information content (AvgIpc) is 2.79. The van der Waals surface area contributed by atoms with Gasteiger partial charge in [0.15, 0.2) is 5.82 Å². The minimum absolute atomic E-state index is 0.318. The van der Waals surface area contributed by atoms with Crippen molar-refractivity contribution in [1.29, 1.82) is 0 Å². The van der Waals surface area contributed by atoms with Crippen molar-refractivity contribution < 1.29 is 4.39 Å². The van der Waals surface area contributed by atoms with Crippen LogP contribution in [0, 0.1) is 12.7 Å². The van der Waals surface area contributed by atoms with Crippen LogP contribution in [0.3, 0.4) is 0 Å². The van der Waals surface area contributed by atoms with Gasteiger partial charge in [-0.1, -0.05) is 23.7 Å². The summed E-state index contributed by atoms with van der Waals surface area (Å²) in [5, 5.41) is 7.58. The van der Waals surface area contributed by atoms with Crippen LogP contribution < -0.4 is 5.73 Å². The Morgan fingerprint density at radius 3 is 2.67 bits per heavy atom. The summed E-state index contributed by atoms with van der Waals surface area (Å²) in [4.78, 5) is 0. The molecule has 5 heteroatoms. The molecular weight excluding hydrogens is 289 g/mol. The normalized spacial score (nSPS) is 10.8. The van der Waals surface area contributed by atoms with Gasteiger partial charge in [0, 0.05) is 10.6 Å². The Hall–Kier alpha value is -2.33. The Labute approximate surface area is 126 Å². The lowest BCUT2D eigenvalue weighted by Gasteiger charge is -2.07. The van der Waals surface area contributed by atoms with Crippen molar-refractivity contribution in [3.05, 3.63) is 58.9 Å². The smallest absolute Gasteiger partial charge is 0.153 e. The Morgan fingerprint density at radius 2 is 1.95 bits per heavy atom. The highest BCUT2D eigenvalue weighted by Crippen LogP contribution is 2.36. The van der Waals surface area contributed by atoms with Gasteiger partial charge in [0.1, 0.15) is 5.82 Å². The predicted octanol–water partition coefficient (Wildman–Crippen LogP) is 4.43. The third-order valence-corrected chi connectivity index (χ3v) is 3.46. The molecule has 0 amide bonds. The lowest BCUT2D eigenvalue weighted by molar-refractivity contribution is 0.628. The maximum absolute atomic E-state index is 13.5. The van der Waals surface area contributed by atoms with E-state index in [0.29, 0.717) is 22.0 Å². The third kappa shape index (κ3) is 2.62. The quantitative estimate of drug-likeness (QED) is 0.736. The van der Waals surface area contributed by atoms with E-state index < -0.39 is 0 Å². The summed E-state index contributed by atoms with van der Waals surface area (Å²) in [5.74, 6) is 0.00885. The maximum atomic E-state index is 13.5. The molecule has 3 N–H and O–H groups in total. The molecule has 2 aromatic carbocycles. The topological polar surface area (TPSA) is 54.7 Å². The van der Waals surface area contributed by atoms with E-state index in [1.165, 1.54) is 12.1 Å². The molecule has 0 radical (unpaired) electrons. The van der Waals surface area contributed by atoms with Gasteiger partial charge in [-0.15, -0.1) is 0 Å². The van der Waals surface area contributed by atoms with E-state index in [-0.39, 0.29) is 5.82 Å². The summed E-state index contributed by atoms with van der Waals surface area (Å²) in [6.07, 6.45) is 0. The fourth-order valence-corrected chi connectivity index (χ4v) is 2.67. The Balaban J connectivity index is 2.21. The van der Waals surface area contributed by atoms with Gasteiger partial charge in [0.25, 0.3) is 0 Å². The SMILES string of the molecule is Cc1cc(Cl)cc(-c2[nH]nc(N)c2-c2cccc(F)c2)c1. The highest BCUT2D eigenvalue weighted by molar-refractivity contribution is 6.31. The van der Waals surface area contributed by atoms with Crippen LogP contribution in [0.2, 0.25) is 5.02 Å². The number of anilines is 1. The molecule has 0 unspecified atom stereocenters. The summed E-state index contributed by atoms with van der Waals surface area (Å²) < 4.78 is 13.5. The van der Waals surface area contributed by atoms with Crippen molar-refractivity contribution in [2.45, 2.75) is 6.92 Å². The molecule has 3 aromatic rings. The number of benzene rings is 2. The molecule has 0 aliphatic carbocycles. The molecule has 0 saturated carbocycles. The first kappa shape index (κ1) is 13.6. The Bertz CT molecular complexity index is 791. The molecule has 0 fully saturated rings.